The van der Waals surface area contributed by atoms with Gasteiger partial charge in [0.05, 0.1) is 19.3 Å². The summed E-state index contributed by atoms with van der Waals surface area (Å²) in [5.41, 5.74) is 2.28. The van der Waals surface area contributed by atoms with Crippen LogP contribution in [0.4, 0.5) is 0 Å². The van der Waals surface area contributed by atoms with Gasteiger partial charge >= 0.3 is 0 Å². The second-order valence-corrected chi connectivity index (χ2v) is 3.67. The summed E-state index contributed by atoms with van der Waals surface area (Å²) in [6.45, 7) is 1.42. The Hall–Kier alpha value is -0.940. The molecule has 16 heavy (non-hydrogen) atoms. The summed E-state index contributed by atoms with van der Waals surface area (Å²) in [5.74, 6) is 0. The Morgan fingerprint density at radius 1 is 1.31 bits per heavy atom. The molecule has 0 heterocycles. The second-order valence-electron chi connectivity index (χ2n) is 3.67. The van der Waals surface area contributed by atoms with E-state index in [1.165, 1.54) is 0 Å². The molecule has 0 aliphatic carbocycles. The molecule has 1 aromatic carbocycles. The van der Waals surface area contributed by atoms with Crippen LogP contribution >= 0.6 is 0 Å². The van der Waals surface area contributed by atoms with E-state index in [4.69, 9.17) is 9.84 Å². The van der Waals surface area contributed by atoms with Gasteiger partial charge in [0.2, 0.25) is 0 Å². The summed E-state index contributed by atoms with van der Waals surface area (Å²) in [5, 5.41) is 20.9. The number of ether oxygens (including phenoxy) is 1. The van der Waals surface area contributed by atoms with Gasteiger partial charge in [-0.05, 0) is 11.1 Å². The van der Waals surface area contributed by atoms with Crippen molar-refractivity contribution in [3.63, 3.8) is 0 Å². The topological polar surface area (TPSA) is 61.7 Å². The van der Waals surface area contributed by atoms with Crippen LogP contribution in [0.5, 0.6) is 0 Å². The molecule has 0 radical (unpaired) electrons. The molecule has 0 saturated heterocycles. The molecular weight excluding hydrogens is 206 g/mol. The Morgan fingerprint density at radius 3 is 2.62 bits per heavy atom. The highest BCUT2D eigenvalue weighted by Gasteiger charge is 2.03. The highest BCUT2D eigenvalue weighted by Crippen LogP contribution is 2.09. The standard InChI is InChI=1S/C12H19NO3/c1-16-9-11-5-3-2-4-10(11)6-13-7-12(15)8-14/h2-5,12-15H,6-9H2,1H3/t12-/m0/s1. The summed E-state index contributed by atoms with van der Waals surface area (Å²) in [4.78, 5) is 0. The molecule has 0 fully saturated rings. The number of hydrogen-bond acceptors (Lipinski definition) is 4. The highest BCUT2D eigenvalue weighted by molar-refractivity contribution is 5.26. The normalized spacial score (nSPS) is 12.7. The quantitative estimate of drug-likeness (QED) is 0.623. The molecule has 3 N–H and O–H groups in total. The minimum atomic E-state index is -0.699. The van der Waals surface area contributed by atoms with Gasteiger partial charge in [-0.3, -0.25) is 0 Å². The van der Waals surface area contributed by atoms with Crippen LogP contribution in [0.25, 0.3) is 0 Å². The van der Waals surface area contributed by atoms with Gasteiger partial charge in [0.1, 0.15) is 0 Å². The van der Waals surface area contributed by atoms with E-state index in [1.54, 1.807) is 7.11 Å². The van der Waals surface area contributed by atoms with Crippen molar-refractivity contribution in [2.24, 2.45) is 0 Å². The zero-order valence-electron chi connectivity index (χ0n) is 9.52. The van der Waals surface area contributed by atoms with E-state index in [0.29, 0.717) is 19.7 Å². The third kappa shape index (κ3) is 4.28. The van der Waals surface area contributed by atoms with Gasteiger partial charge in [-0.1, -0.05) is 24.3 Å². The van der Waals surface area contributed by atoms with Gasteiger partial charge in [-0.2, -0.15) is 0 Å². The summed E-state index contributed by atoms with van der Waals surface area (Å²) < 4.78 is 5.10. The van der Waals surface area contributed by atoms with Crippen LogP contribution in [-0.4, -0.2) is 36.6 Å². The SMILES string of the molecule is COCc1ccccc1CNC[C@H](O)CO. The zero-order chi connectivity index (χ0) is 11.8. The van der Waals surface area contributed by atoms with E-state index in [1.807, 2.05) is 24.3 Å². The smallest absolute Gasteiger partial charge is 0.0895 e. The molecule has 1 aromatic rings. The molecule has 4 nitrogen and oxygen atoms in total. The van der Waals surface area contributed by atoms with E-state index in [2.05, 4.69) is 5.32 Å². The van der Waals surface area contributed by atoms with Crippen molar-refractivity contribution < 1.29 is 14.9 Å². The molecule has 0 spiro atoms. The largest absolute Gasteiger partial charge is 0.394 e. The van der Waals surface area contributed by atoms with Crippen LogP contribution in [0.2, 0.25) is 0 Å². The van der Waals surface area contributed by atoms with Crippen molar-refractivity contribution in [3.8, 4) is 0 Å². The monoisotopic (exact) mass is 225 g/mol. The van der Waals surface area contributed by atoms with Gasteiger partial charge < -0.3 is 20.3 Å². The Kier molecular flexibility index (Phi) is 6.03. The maximum absolute atomic E-state index is 9.17. The number of rotatable bonds is 7. The van der Waals surface area contributed by atoms with Gasteiger partial charge in [0.15, 0.2) is 0 Å². The molecular formula is C12H19NO3. The van der Waals surface area contributed by atoms with E-state index in [-0.39, 0.29) is 6.61 Å². The number of hydrogen-bond donors (Lipinski definition) is 3. The van der Waals surface area contributed by atoms with Crippen molar-refractivity contribution in [1.82, 2.24) is 5.32 Å². The molecule has 1 rings (SSSR count). The summed E-state index contributed by atoms with van der Waals surface area (Å²) in [6, 6.07) is 7.98. The molecule has 1 atom stereocenters. The second kappa shape index (κ2) is 7.35. The lowest BCUT2D eigenvalue weighted by molar-refractivity contribution is 0.0941. The molecule has 0 unspecified atom stereocenters. The summed E-state index contributed by atoms with van der Waals surface area (Å²) in [7, 11) is 1.67. The first-order valence-electron chi connectivity index (χ1n) is 5.33. The number of methoxy groups -OCH3 is 1. The number of benzene rings is 1. The fraction of sp³-hybridized carbons (Fsp3) is 0.500. The molecule has 0 aliphatic heterocycles. The summed E-state index contributed by atoms with van der Waals surface area (Å²) >= 11 is 0. The maximum Gasteiger partial charge on any atom is 0.0895 e. The van der Waals surface area contributed by atoms with Crippen molar-refractivity contribution >= 4 is 0 Å². The highest BCUT2D eigenvalue weighted by atomic mass is 16.5. The first-order chi connectivity index (χ1) is 7.77. The minimum absolute atomic E-state index is 0.216. The van der Waals surface area contributed by atoms with E-state index in [0.717, 1.165) is 11.1 Å². The van der Waals surface area contributed by atoms with Crippen LogP contribution < -0.4 is 5.32 Å². The van der Waals surface area contributed by atoms with Gasteiger partial charge in [-0.25, -0.2) is 0 Å². The molecule has 0 aromatic heterocycles. The van der Waals surface area contributed by atoms with Crippen molar-refractivity contribution in [1.29, 1.82) is 0 Å². The number of nitrogens with one attached hydrogen (secondary N) is 1. The van der Waals surface area contributed by atoms with Crippen LogP contribution in [0, 0.1) is 0 Å². The van der Waals surface area contributed by atoms with Gasteiger partial charge in [-0.15, -0.1) is 0 Å². The fourth-order valence-electron chi connectivity index (χ4n) is 1.46. The lowest BCUT2D eigenvalue weighted by Gasteiger charge is -2.11. The van der Waals surface area contributed by atoms with Crippen molar-refractivity contribution in [3.05, 3.63) is 35.4 Å². The molecule has 90 valence electrons. The molecule has 0 aliphatic rings. The van der Waals surface area contributed by atoms with E-state index in [9.17, 15) is 5.11 Å². The molecule has 0 saturated carbocycles. The third-order valence-electron chi connectivity index (χ3n) is 2.32. The lowest BCUT2D eigenvalue weighted by atomic mass is 10.1. The fourth-order valence-corrected chi connectivity index (χ4v) is 1.46. The predicted molar refractivity (Wildman–Crippen MR) is 62.0 cm³/mol. The van der Waals surface area contributed by atoms with Crippen LogP contribution in [-0.2, 0) is 17.9 Å². The first-order valence-corrected chi connectivity index (χ1v) is 5.33. The molecule has 4 heteroatoms. The first kappa shape index (κ1) is 13.1. The van der Waals surface area contributed by atoms with Crippen LogP contribution in [0.3, 0.4) is 0 Å². The van der Waals surface area contributed by atoms with E-state index < -0.39 is 6.10 Å². The van der Waals surface area contributed by atoms with Crippen LogP contribution in [0.1, 0.15) is 11.1 Å². The van der Waals surface area contributed by atoms with Crippen molar-refractivity contribution in [2.45, 2.75) is 19.3 Å². The Bertz CT molecular complexity index is 304. The summed E-state index contributed by atoms with van der Waals surface area (Å²) in [6.07, 6.45) is -0.699. The van der Waals surface area contributed by atoms with Crippen LogP contribution in [0.15, 0.2) is 24.3 Å². The Labute approximate surface area is 95.9 Å². The molecule has 0 bridgehead atoms. The number of aliphatic hydroxyl groups is 2. The molecule has 0 amide bonds. The van der Waals surface area contributed by atoms with Gasteiger partial charge in [0.25, 0.3) is 0 Å². The van der Waals surface area contributed by atoms with E-state index >= 15 is 0 Å². The zero-order valence-corrected chi connectivity index (χ0v) is 9.52. The van der Waals surface area contributed by atoms with Gasteiger partial charge in [0, 0.05) is 20.2 Å². The Balaban J connectivity index is 2.46. The average Bonchev–Trinajstić information content (AvgIpc) is 2.31. The van der Waals surface area contributed by atoms with Crippen molar-refractivity contribution in [2.75, 3.05) is 20.3 Å². The Morgan fingerprint density at radius 2 is 2.00 bits per heavy atom. The minimum Gasteiger partial charge on any atom is -0.394 e. The maximum atomic E-state index is 9.17. The average molecular weight is 225 g/mol. The predicted octanol–water partition coefficient (Wildman–Crippen LogP) is 0.276. The number of aliphatic hydroxyl groups excluding tert-OH is 2. The lowest BCUT2D eigenvalue weighted by Crippen LogP contribution is -2.29. The third-order valence-corrected chi connectivity index (χ3v) is 2.32.